The van der Waals surface area contributed by atoms with Gasteiger partial charge in [-0.15, -0.1) is 0 Å². The molecule has 3 aliphatic carbocycles. The van der Waals surface area contributed by atoms with Crippen LogP contribution in [0.15, 0.2) is 23.3 Å². The second-order valence-electron chi connectivity index (χ2n) is 11.0. The molecule has 1 aliphatic heterocycles. The summed E-state index contributed by atoms with van der Waals surface area (Å²) in [6.45, 7) is 11.1. The van der Waals surface area contributed by atoms with Crippen molar-refractivity contribution in [1.29, 1.82) is 0 Å². The minimum absolute atomic E-state index is 0.106. The maximum Gasteiger partial charge on any atom is 0.173 e. The predicted molar refractivity (Wildman–Crippen MR) is 115 cm³/mol. The lowest BCUT2D eigenvalue weighted by Crippen LogP contribution is -2.69. The molecule has 2 saturated carbocycles. The molecule has 3 N–H and O–H groups in total. The summed E-state index contributed by atoms with van der Waals surface area (Å²) in [6, 6.07) is 0. The van der Waals surface area contributed by atoms with Gasteiger partial charge in [0.2, 0.25) is 0 Å². The van der Waals surface area contributed by atoms with E-state index >= 15 is 0 Å². The molecule has 4 aliphatic rings. The summed E-state index contributed by atoms with van der Waals surface area (Å²) in [5.74, 6) is -3.15. The van der Waals surface area contributed by atoms with Crippen LogP contribution in [0.4, 0.5) is 0 Å². The second kappa shape index (κ2) is 7.08. The lowest BCUT2D eigenvalue weighted by molar-refractivity contribution is -0.193. The Labute approximate surface area is 184 Å². The summed E-state index contributed by atoms with van der Waals surface area (Å²) in [5, 5.41) is 34.2. The summed E-state index contributed by atoms with van der Waals surface area (Å²) in [5.41, 5.74) is -2.73. The molecule has 3 fully saturated rings. The Hall–Kier alpha value is -1.34. The third-order valence-corrected chi connectivity index (χ3v) is 8.81. The minimum Gasteiger partial charge on any atom is -0.388 e. The summed E-state index contributed by atoms with van der Waals surface area (Å²) < 4.78 is 6.45. The molecule has 31 heavy (non-hydrogen) atoms. The zero-order valence-corrected chi connectivity index (χ0v) is 19.4. The number of Topliss-reactive ketones (excluding diaryl/α,β-unsaturated/α-hetero) is 2. The van der Waals surface area contributed by atoms with Gasteiger partial charge in [0.1, 0.15) is 17.3 Å². The van der Waals surface area contributed by atoms with Crippen molar-refractivity contribution in [2.45, 2.75) is 89.8 Å². The van der Waals surface area contributed by atoms with Crippen molar-refractivity contribution in [2.24, 2.45) is 29.6 Å². The first kappa shape index (κ1) is 22.8. The fraction of sp³-hybridized carbons (Fsp3) is 0.760. The summed E-state index contributed by atoms with van der Waals surface area (Å²) in [4.78, 5) is 26.6. The van der Waals surface area contributed by atoms with Crippen molar-refractivity contribution >= 4 is 11.6 Å². The molecule has 0 spiro atoms. The predicted octanol–water partition coefficient (Wildman–Crippen LogP) is 2.35. The van der Waals surface area contributed by atoms with E-state index in [-0.39, 0.29) is 35.7 Å². The highest BCUT2D eigenvalue weighted by molar-refractivity contribution is 6.00. The van der Waals surface area contributed by atoms with Gasteiger partial charge in [-0.2, -0.15) is 0 Å². The molecule has 0 aromatic heterocycles. The normalized spacial score (nSPS) is 51.5. The van der Waals surface area contributed by atoms with Crippen LogP contribution in [-0.2, 0) is 14.3 Å². The lowest BCUT2D eigenvalue weighted by Gasteiger charge is -2.53. The third kappa shape index (κ3) is 2.91. The van der Waals surface area contributed by atoms with Crippen molar-refractivity contribution in [1.82, 2.24) is 0 Å². The van der Waals surface area contributed by atoms with Crippen molar-refractivity contribution in [3.05, 3.63) is 23.3 Å². The van der Waals surface area contributed by atoms with E-state index in [0.29, 0.717) is 12.0 Å². The van der Waals surface area contributed by atoms with E-state index in [9.17, 15) is 24.9 Å². The zero-order valence-electron chi connectivity index (χ0n) is 19.4. The first-order chi connectivity index (χ1) is 14.3. The Balaban J connectivity index is 1.82. The van der Waals surface area contributed by atoms with Crippen LogP contribution < -0.4 is 0 Å². The maximum absolute atomic E-state index is 13.9. The van der Waals surface area contributed by atoms with E-state index in [2.05, 4.69) is 0 Å². The highest BCUT2D eigenvalue weighted by Crippen LogP contribution is 2.62. The average Bonchev–Trinajstić information content (AvgIpc) is 3.19. The first-order valence-corrected chi connectivity index (χ1v) is 11.5. The van der Waals surface area contributed by atoms with Crippen LogP contribution in [0.2, 0.25) is 0 Å². The molecule has 0 unspecified atom stereocenters. The van der Waals surface area contributed by atoms with Crippen molar-refractivity contribution < 1.29 is 29.6 Å². The number of hydrogen-bond acceptors (Lipinski definition) is 6. The quantitative estimate of drug-likeness (QED) is 0.592. The van der Waals surface area contributed by atoms with E-state index in [0.717, 1.165) is 12.0 Å². The summed E-state index contributed by atoms with van der Waals surface area (Å²) >= 11 is 0. The number of aliphatic hydroxyl groups excluding tert-OH is 1. The van der Waals surface area contributed by atoms with Gasteiger partial charge in [0, 0.05) is 5.92 Å². The molecule has 172 valence electrons. The van der Waals surface area contributed by atoms with Crippen LogP contribution >= 0.6 is 0 Å². The Kier molecular flexibility index (Phi) is 5.21. The Bertz CT molecular complexity index is 871. The van der Waals surface area contributed by atoms with Crippen LogP contribution in [0.25, 0.3) is 0 Å². The van der Waals surface area contributed by atoms with Gasteiger partial charge in [-0.1, -0.05) is 25.5 Å². The first-order valence-electron chi connectivity index (χ1n) is 11.5. The van der Waals surface area contributed by atoms with Gasteiger partial charge in [-0.05, 0) is 70.4 Å². The average molecular weight is 433 g/mol. The highest BCUT2D eigenvalue weighted by atomic mass is 16.5. The van der Waals surface area contributed by atoms with E-state index in [4.69, 9.17) is 4.74 Å². The molecule has 1 saturated heterocycles. The fourth-order valence-electron chi connectivity index (χ4n) is 7.15. The molecular weight excluding hydrogens is 396 g/mol. The number of aliphatic hydroxyl groups is 3. The molecule has 6 nitrogen and oxygen atoms in total. The number of carbonyl (C=O) groups excluding carboxylic acids is 2. The monoisotopic (exact) mass is 432 g/mol. The van der Waals surface area contributed by atoms with Crippen molar-refractivity contribution in [2.75, 3.05) is 0 Å². The molecule has 10 atom stereocenters. The molecule has 4 rings (SSSR count). The molecule has 0 bridgehead atoms. The number of carbonyl (C=O) groups is 2. The molecule has 0 aromatic rings. The SMILES string of the molecule is CC(C)=C[C@H]1O[C@@](C)(C[C@H]2C(=O)C(C)=C[C@@H]2O)[C@@H]2C(=O)[C@]3(O)[C@@H](C)CC[C@H]3[C@H](C)[C@@]21O. The smallest absolute Gasteiger partial charge is 0.173 e. The maximum atomic E-state index is 13.9. The van der Waals surface area contributed by atoms with Crippen molar-refractivity contribution in [3.63, 3.8) is 0 Å². The van der Waals surface area contributed by atoms with Crippen LogP contribution in [0, 0.1) is 29.6 Å². The summed E-state index contributed by atoms with van der Waals surface area (Å²) in [7, 11) is 0. The van der Waals surface area contributed by atoms with Gasteiger partial charge >= 0.3 is 0 Å². The molecule has 1 heterocycles. The van der Waals surface area contributed by atoms with Gasteiger partial charge in [0.15, 0.2) is 11.6 Å². The number of ether oxygens (including phenoxy) is 1. The number of rotatable bonds is 3. The molecule has 6 heteroatoms. The lowest BCUT2D eigenvalue weighted by atomic mass is 9.53. The number of ketones is 2. The van der Waals surface area contributed by atoms with Gasteiger partial charge in [0.05, 0.1) is 23.5 Å². The Morgan fingerprint density at radius 1 is 1.23 bits per heavy atom. The van der Waals surface area contributed by atoms with Crippen LogP contribution in [0.1, 0.15) is 60.8 Å². The minimum atomic E-state index is -1.51. The Morgan fingerprint density at radius 3 is 2.42 bits per heavy atom. The molecule has 0 radical (unpaired) electrons. The van der Waals surface area contributed by atoms with Crippen LogP contribution in [-0.4, -0.2) is 55.9 Å². The number of fused-ring (bicyclic) bond motifs is 2. The molecule has 0 aromatic carbocycles. The van der Waals surface area contributed by atoms with Gasteiger partial charge in [-0.25, -0.2) is 0 Å². The van der Waals surface area contributed by atoms with E-state index in [1.807, 2.05) is 33.8 Å². The standard InChI is InChI=1S/C25H36O6/c1-12(2)9-19-25(30)15(5)17-8-7-14(4)24(17,29)22(28)21(25)23(6,31-19)11-16-18(26)10-13(3)20(16)27/h9-10,14-19,21,26,29-30H,7-8,11H2,1-6H3/t14-,15-,16+,17-,18-,19+,21-,23-,24-,25-/m0/s1. The van der Waals surface area contributed by atoms with Gasteiger partial charge in [0.25, 0.3) is 0 Å². The zero-order chi connectivity index (χ0) is 23.1. The van der Waals surface area contributed by atoms with Gasteiger partial charge < -0.3 is 20.1 Å². The van der Waals surface area contributed by atoms with Crippen LogP contribution in [0.3, 0.4) is 0 Å². The largest absolute Gasteiger partial charge is 0.388 e. The second-order valence-corrected chi connectivity index (χ2v) is 11.0. The summed E-state index contributed by atoms with van der Waals surface area (Å²) in [6.07, 6.45) is 3.24. The number of hydrogen-bond donors (Lipinski definition) is 3. The number of allylic oxidation sites excluding steroid dienone is 2. The van der Waals surface area contributed by atoms with Crippen molar-refractivity contribution in [3.8, 4) is 0 Å². The van der Waals surface area contributed by atoms with Gasteiger partial charge in [-0.3, -0.25) is 9.59 Å². The van der Waals surface area contributed by atoms with E-state index in [1.54, 1.807) is 19.9 Å². The van der Waals surface area contributed by atoms with E-state index in [1.165, 1.54) is 0 Å². The molecular formula is C25H36O6. The van der Waals surface area contributed by atoms with Crippen LogP contribution in [0.5, 0.6) is 0 Å². The Morgan fingerprint density at radius 2 is 1.87 bits per heavy atom. The van der Waals surface area contributed by atoms with E-state index < -0.39 is 40.8 Å². The fourth-order valence-corrected chi connectivity index (χ4v) is 7.15. The third-order valence-electron chi connectivity index (χ3n) is 8.81. The topological polar surface area (TPSA) is 104 Å². The highest BCUT2D eigenvalue weighted by Gasteiger charge is 2.75. The molecule has 0 amide bonds.